The van der Waals surface area contributed by atoms with Crippen LogP contribution in [0.25, 0.3) is 0 Å². The molecule has 3 rings (SSSR count). The summed E-state index contributed by atoms with van der Waals surface area (Å²) >= 11 is 0. The van der Waals surface area contributed by atoms with Crippen LogP contribution in [0.5, 0.6) is 0 Å². The third kappa shape index (κ3) is 3.13. The van der Waals surface area contributed by atoms with E-state index in [-0.39, 0.29) is 0 Å². The maximum Gasteiger partial charge on any atom is 0.335 e. The molecule has 1 aromatic carbocycles. The van der Waals surface area contributed by atoms with Crippen LogP contribution in [0.3, 0.4) is 0 Å². The van der Waals surface area contributed by atoms with E-state index >= 15 is 0 Å². The molecule has 0 saturated heterocycles. The van der Waals surface area contributed by atoms with Gasteiger partial charge in [-0.1, -0.05) is 19.1 Å². The maximum atomic E-state index is 11.0. The van der Waals surface area contributed by atoms with Crippen molar-refractivity contribution in [3.63, 3.8) is 0 Å². The first-order valence-corrected chi connectivity index (χ1v) is 7.81. The number of aromatic nitrogens is 2. The van der Waals surface area contributed by atoms with Gasteiger partial charge in [0.25, 0.3) is 0 Å². The molecule has 5 nitrogen and oxygen atoms in total. The number of aromatic carboxylic acids is 1. The monoisotopic (exact) mass is 299 g/mol. The Balaban J connectivity index is 1.74. The van der Waals surface area contributed by atoms with Crippen molar-refractivity contribution >= 4 is 11.7 Å². The van der Waals surface area contributed by atoms with Crippen molar-refractivity contribution in [1.29, 1.82) is 0 Å². The molecule has 1 aliphatic rings. The zero-order chi connectivity index (χ0) is 15.5. The number of anilines is 1. The number of rotatable bonds is 7. The van der Waals surface area contributed by atoms with Gasteiger partial charge in [0.2, 0.25) is 0 Å². The van der Waals surface area contributed by atoms with Gasteiger partial charge in [-0.25, -0.2) is 4.79 Å². The summed E-state index contributed by atoms with van der Waals surface area (Å²) in [6, 6.07) is 7.04. The first kappa shape index (κ1) is 14.6. The topological polar surface area (TPSA) is 67.2 Å². The number of benzene rings is 1. The molecule has 0 radical (unpaired) electrons. The number of carboxylic acid groups (broad SMARTS) is 1. The largest absolute Gasteiger partial charge is 0.478 e. The quantitative estimate of drug-likeness (QED) is 0.821. The number of aryl methyl sites for hydroxylation is 1. The fourth-order valence-corrected chi connectivity index (χ4v) is 2.72. The van der Waals surface area contributed by atoms with E-state index < -0.39 is 5.97 Å². The molecule has 0 bridgehead atoms. The van der Waals surface area contributed by atoms with Crippen LogP contribution < -0.4 is 5.32 Å². The van der Waals surface area contributed by atoms with E-state index in [1.54, 1.807) is 18.2 Å². The standard InChI is InChI=1S/C17H21N3O2/c1-2-8-20-16(13-6-7-13)15(11-19-20)18-10-12-4-3-5-14(9-12)17(21)22/h3-5,9,11,13,18H,2,6-8,10H2,1H3,(H,21,22). The highest BCUT2D eigenvalue weighted by atomic mass is 16.4. The predicted octanol–water partition coefficient (Wildman–Crippen LogP) is 3.48. The van der Waals surface area contributed by atoms with Crippen LogP contribution in [-0.2, 0) is 13.1 Å². The Hall–Kier alpha value is -2.30. The third-order valence-electron chi connectivity index (χ3n) is 3.94. The van der Waals surface area contributed by atoms with Gasteiger partial charge in [0.05, 0.1) is 23.1 Å². The summed E-state index contributed by atoms with van der Waals surface area (Å²) < 4.78 is 2.10. The lowest BCUT2D eigenvalue weighted by molar-refractivity contribution is 0.0697. The smallest absolute Gasteiger partial charge is 0.335 e. The lowest BCUT2D eigenvalue weighted by Crippen LogP contribution is -2.07. The summed E-state index contributed by atoms with van der Waals surface area (Å²) in [5, 5.41) is 17.0. The molecule has 1 aromatic heterocycles. The number of hydrogen-bond donors (Lipinski definition) is 2. The van der Waals surface area contributed by atoms with Crippen molar-refractivity contribution in [3.8, 4) is 0 Å². The highest BCUT2D eigenvalue weighted by molar-refractivity contribution is 5.87. The Bertz CT molecular complexity index is 674. The lowest BCUT2D eigenvalue weighted by Gasteiger charge is -2.10. The normalized spacial score (nSPS) is 14.0. The van der Waals surface area contributed by atoms with Crippen molar-refractivity contribution in [3.05, 3.63) is 47.3 Å². The van der Waals surface area contributed by atoms with Gasteiger partial charge in [-0.05, 0) is 37.0 Å². The fourth-order valence-electron chi connectivity index (χ4n) is 2.72. The van der Waals surface area contributed by atoms with Gasteiger partial charge in [-0.3, -0.25) is 4.68 Å². The number of nitrogens with zero attached hydrogens (tertiary/aromatic N) is 2. The molecule has 5 heteroatoms. The van der Waals surface area contributed by atoms with E-state index in [2.05, 4.69) is 22.0 Å². The molecule has 1 aliphatic carbocycles. The molecule has 0 amide bonds. The predicted molar refractivity (Wildman–Crippen MR) is 85.2 cm³/mol. The first-order valence-electron chi connectivity index (χ1n) is 7.81. The van der Waals surface area contributed by atoms with Crippen LogP contribution in [0, 0.1) is 0 Å². The Labute approximate surface area is 130 Å². The van der Waals surface area contributed by atoms with Crippen LogP contribution >= 0.6 is 0 Å². The van der Waals surface area contributed by atoms with Crippen LogP contribution in [0.2, 0.25) is 0 Å². The van der Waals surface area contributed by atoms with Gasteiger partial charge in [-0.15, -0.1) is 0 Å². The Kier molecular flexibility index (Phi) is 4.13. The average Bonchev–Trinajstić information content (AvgIpc) is 3.28. The van der Waals surface area contributed by atoms with Crippen LogP contribution in [0.1, 0.15) is 53.7 Å². The SMILES string of the molecule is CCCn1ncc(NCc2cccc(C(=O)O)c2)c1C1CC1. The van der Waals surface area contributed by atoms with Crippen molar-refractivity contribution in [2.75, 3.05) is 5.32 Å². The fraction of sp³-hybridized carbons (Fsp3) is 0.412. The summed E-state index contributed by atoms with van der Waals surface area (Å²) in [6.07, 6.45) is 5.43. The summed E-state index contributed by atoms with van der Waals surface area (Å²) in [5.41, 5.74) is 3.67. The Morgan fingerprint density at radius 3 is 2.95 bits per heavy atom. The second-order valence-corrected chi connectivity index (χ2v) is 5.80. The Morgan fingerprint density at radius 2 is 2.27 bits per heavy atom. The number of carboxylic acids is 1. The van der Waals surface area contributed by atoms with Gasteiger partial charge >= 0.3 is 5.97 Å². The Morgan fingerprint density at radius 1 is 1.45 bits per heavy atom. The second-order valence-electron chi connectivity index (χ2n) is 5.80. The minimum absolute atomic E-state index is 0.323. The average molecular weight is 299 g/mol. The van der Waals surface area contributed by atoms with E-state index in [1.807, 2.05) is 12.3 Å². The van der Waals surface area contributed by atoms with Crippen molar-refractivity contribution in [1.82, 2.24) is 9.78 Å². The molecule has 1 heterocycles. The first-order chi connectivity index (χ1) is 10.7. The number of nitrogens with one attached hydrogen (secondary N) is 1. The molecule has 1 saturated carbocycles. The summed E-state index contributed by atoms with van der Waals surface area (Å²) in [6.45, 7) is 3.71. The minimum atomic E-state index is -0.892. The van der Waals surface area contributed by atoms with Crippen LogP contribution in [-0.4, -0.2) is 20.9 Å². The van der Waals surface area contributed by atoms with Crippen molar-refractivity contribution < 1.29 is 9.90 Å². The molecular weight excluding hydrogens is 278 g/mol. The molecule has 0 aliphatic heterocycles. The number of carbonyl (C=O) groups is 1. The summed E-state index contributed by atoms with van der Waals surface area (Å²) in [5.74, 6) is -0.266. The zero-order valence-corrected chi connectivity index (χ0v) is 12.7. The van der Waals surface area contributed by atoms with Crippen LogP contribution in [0.15, 0.2) is 30.5 Å². The molecule has 0 spiro atoms. The molecule has 0 atom stereocenters. The van der Waals surface area contributed by atoms with Gasteiger partial charge < -0.3 is 10.4 Å². The second kappa shape index (κ2) is 6.22. The van der Waals surface area contributed by atoms with Crippen molar-refractivity contribution in [2.45, 2.75) is 45.2 Å². The van der Waals surface area contributed by atoms with Gasteiger partial charge in [0.1, 0.15) is 0 Å². The van der Waals surface area contributed by atoms with Crippen LogP contribution in [0.4, 0.5) is 5.69 Å². The molecular formula is C17H21N3O2. The third-order valence-corrected chi connectivity index (χ3v) is 3.94. The van der Waals surface area contributed by atoms with E-state index in [4.69, 9.17) is 5.11 Å². The molecule has 1 fully saturated rings. The maximum absolute atomic E-state index is 11.0. The molecule has 2 N–H and O–H groups in total. The molecule has 2 aromatic rings. The van der Waals surface area contributed by atoms with E-state index in [0.717, 1.165) is 24.2 Å². The molecule has 22 heavy (non-hydrogen) atoms. The zero-order valence-electron chi connectivity index (χ0n) is 12.7. The van der Waals surface area contributed by atoms with E-state index in [1.165, 1.54) is 18.5 Å². The lowest BCUT2D eigenvalue weighted by atomic mass is 10.1. The number of hydrogen-bond acceptors (Lipinski definition) is 3. The summed E-state index contributed by atoms with van der Waals surface area (Å²) in [7, 11) is 0. The van der Waals surface area contributed by atoms with E-state index in [9.17, 15) is 4.79 Å². The highest BCUT2D eigenvalue weighted by Crippen LogP contribution is 2.43. The highest BCUT2D eigenvalue weighted by Gasteiger charge is 2.30. The molecule has 0 unspecified atom stereocenters. The van der Waals surface area contributed by atoms with Crippen molar-refractivity contribution in [2.24, 2.45) is 0 Å². The van der Waals surface area contributed by atoms with Gasteiger partial charge in [0, 0.05) is 19.0 Å². The summed E-state index contributed by atoms with van der Waals surface area (Å²) in [4.78, 5) is 11.0. The minimum Gasteiger partial charge on any atom is -0.478 e. The van der Waals surface area contributed by atoms with Gasteiger partial charge in [0.15, 0.2) is 0 Å². The molecule has 116 valence electrons. The van der Waals surface area contributed by atoms with E-state index in [0.29, 0.717) is 18.0 Å². The van der Waals surface area contributed by atoms with Gasteiger partial charge in [-0.2, -0.15) is 5.10 Å².